The number of hydrogen-bond acceptors (Lipinski definition) is 2. The molecule has 0 aliphatic heterocycles. The van der Waals surface area contributed by atoms with Crippen molar-refractivity contribution in [3.05, 3.63) is 53.4 Å². The van der Waals surface area contributed by atoms with Gasteiger partial charge in [0, 0.05) is 18.9 Å². The van der Waals surface area contributed by atoms with Gasteiger partial charge < -0.3 is 10.3 Å². The molecule has 2 rings (SSSR count). The highest BCUT2D eigenvalue weighted by Crippen LogP contribution is 2.33. The lowest BCUT2D eigenvalue weighted by Gasteiger charge is -2.16. The monoisotopic (exact) mass is 301 g/mol. The van der Waals surface area contributed by atoms with E-state index in [0.717, 1.165) is 18.6 Å². The number of nitrogens with two attached hydrogens (primary N) is 1. The van der Waals surface area contributed by atoms with E-state index in [1.165, 1.54) is 6.07 Å². The molecule has 0 aliphatic carbocycles. The van der Waals surface area contributed by atoms with Gasteiger partial charge in [0.1, 0.15) is 11.6 Å². The summed E-state index contributed by atoms with van der Waals surface area (Å²) in [6.07, 6.45) is -0.655. The second kappa shape index (κ2) is 5.85. The smallest absolute Gasteiger partial charge is 0.333 e. The van der Waals surface area contributed by atoms with Crippen LogP contribution in [0.2, 0.25) is 0 Å². The lowest BCUT2D eigenvalue weighted by atomic mass is 10.0. The second-order valence-corrected chi connectivity index (χ2v) is 4.69. The Labute approximate surface area is 119 Å². The van der Waals surface area contributed by atoms with Crippen LogP contribution < -0.4 is 5.73 Å². The predicted molar refractivity (Wildman–Crippen MR) is 70.0 cm³/mol. The molecule has 1 heterocycles. The Bertz CT molecular complexity index is 619. The van der Waals surface area contributed by atoms with Gasteiger partial charge in [-0.3, -0.25) is 0 Å². The first-order valence-electron chi connectivity index (χ1n) is 6.47. The molecule has 0 saturated heterocycles. The second-order valence-electron chi connectivity index (χ2n) is 4.69. The summed E-state index contributed by atoms with van der Waals surface area (Å²) in [5.74, 6) is -0.855. The summed E-state index contributed by atoms with van der Waals surface area (Å²) in [6.45, 7) is 2.63. The van der Waals surface area contributed by atoms with Crippen LogP contribution in [0.4, 0.5) is 17.6 Å². The third kappa shape index (κ3) is 3.24. The van der Waals surface area contributed by atoms with Crippen LogP contribution in [-0.4, -0.2) is 9.55 Å². The summed E-state index contributed by atoms with van der Waals surface area (Å²) in [5, 5.41) is 0. The van der Waals surface area contributed by atoms with E-state index >= 15 is 0 Å². The lowest BCUT2D eigenvalue weighted by Crippen LogP contribution is -2.19. The van der Waals surface area contributed by atoms with Gasteiger partial charge in [0.2, 0.25) is 0 Å². The van der Waals surface area contributed by atoms with E-state index in [0.29, 0.717) is 12.4 Å². The van der Waals surface area contributed by atoms with Crippen molar-refractivity contribution in [1.82, 2.24) is 9.55 Å². The van der Waals surface area contributed by atoms with E-state index in [-0.39, 0.29) is 5.56 Å². The lowest BCUT2D eigenvalue weighted by molar-refractivity contribution is -0.140. The summed E-state index contributed by atoms with van der Waals surface area (Å²) in [7, 11) is 0. The molecule has 0 bridgehead atoms. The molecule has 0 fully saturated rings. The maximum Gasteiger partial charge on any atom is 0.419 e. The first kappa shape index (κ1) is 15.5. The van der Waals surface area contributed by atoms with E-state index in [9.17, 15) is 17.6 Å². The molecular formula is C14H15F4N3. The molecule has 0 spiro atoms. The Hall–Kier alpha value is -1.89. The van der Waals surface area contributed by atoms with Crippen LogP contribution in [0, 0.1) is 5.82 Å². The van der Waals surface area contributed by atoms with Crippen molar-refractivity contribution in [2.24, 2.45) is 5.73 Å². The fraction of sp³-hybridized carbons (Fsp3) is 0.357. The molecule has 0 saturated carbocycles. The molecule has 1 aromatic heterocycles. The van der Waals surface area contributed by atoms with Crippen LogP contribution in [0.3, 0.4) is 0 Å². The number of imidazole rings is 1. The van der Waals surface area contributed by atoms with E-state index in [2.05, 4.69) is 4.98 Å². The van der Waals surface area contributed by atoms with Crippen molar-refractivity contribution in [2.45, 2.75) is 32.1 Å². The van der Waals surface area contributed by atoms with Crippen LogP contribution in [0.1, 0.15) is 36.3 Å². The third-order valence-electron chi connectivity index (χ3n) is 3.15. The summed E-state index contributed by atoms with van der Waals surface area (Å²) in [6, 6.07) is 1.93. The Kier molecular flexibility index (Phi) is 4.32. The van der Waals surface area contributed by atoms with Crippen molar-refractivity contribution < 1.29 is 17.6 Å². The van der Waals surface area contributed by atoms with Gasteiger partial charge in [0.25, 0.3) is 0 Å². The average molecular weight is 301 g/mol. The number of halogens is 4. The maximum absolute atomic E-state index is 13.3. The highest BCUT2D eigenvalue weighted by Gasteiger charge is 2.34. The molecule has 7 heteroatoms. The number of hydrogen-bond donors (Lipinski definition) is 1. The molecule has 1 atom stereocenters. The van der Waals surface area contributed by atoms with Crippen molar-refractivity contribution in [3.8, 4) is 0 Å². The first-order valence-corrected chi connectivity index (χ1v) is 6.47. The summed E-state index contributed by atoms with van der Waals surface area (Å²) >= 11 is 0. The average Bonchev–Trinajstić information content (AvgIpc) is 2.86. The predicted octanol–water partition coefficient (Wildman–Crippen LogP) is 3.50. The van der Waals surface area contributed by atoms with Gasteiger partial charge in [0.05, 0.1) is 11.6 Å². The van der Waals surface area contributed by atoms with Crippen LogP contribution in [0.15, 0.2) is 30.6 Å². The number of aromatic nitrogens is 2. The minimum absolute atomic E-state index is 0.173. The zero-order valence-corrected chi connectivity index (χ0v) is 11.4. The molecule has 21 heavy (non-hydrogen) atoms. The largest absolute Gasteiger partial charge is 0.419 e. The molecule has 0 amide bonds. The molecule has 3 nitrogen and oxygen atoms in total. The Morgan fingerprint density at radius 2 is 2.05 bits per heavy atom. The van der Waals surface area contributed by atoms with E-state index < -0.39 is 23.6 Å². The molecule has 114 valence electrons. The normalized spacial score (nSPS) is 13.4. The summed E-state index contributed by atoms with van der Waals surface area (Å²) < 4.78 is 53.3. The first-order chi connectivity index (χ1) is 9.84. The number of alkyl halides is 3. The van der Waals surface area contributed by atoms with Crippen LogP contribution in [-0.2, 0) is 12.7 Å². The number of nitrogens with zero attached hydrogens (tertiary/aromatic N) is 2. The van der Waals surface area contributed by atoms with E-state index in [1.54, 1.807) is 17.0 Å². The van der Waals surface area contributed by atoms with E-state index in [1.807, 2.05) is 6.92 Å². The molecule has 0 aliphatic rings. The zero-order chi connectivity index (χ0) is 15.6. The maximum atomic E-state index is 13.3. The van der Waals surface area contributed by atoms with Crippen LogP contribution in [0.25, 0.3) is 0 Å². The molecule has 1 unspecified atom stereocenters. The number of aryl methyl sites for hydroxylation is 1. The van der Waals surface area contributed by atoms with Crippen LogP contribution >= 0.6 is 0 Å². The highest BCUT2D eigenvalue weighted by atomic mass is 19.4. The molecule has 1 aromatic carbocycles. The van der Waals surface area contributed by atoms with Crippen molar-refractivity contribution in [2.75, 3.05) is 0 Å². The number of benzene rings is 1. The molecule has 0 radical (unpaired) electrons. The van der Waals surface area contributed by atoms with Gasteiger partial charge in [-0.05, 0) is 24.1 Å². The Morgan fingerprint density at radius 1 is 1.33 bits per heavy atom. The summed E-state index contributed by atoms with van der Waals surface area (Å²) in [5.41, 5.74) is 4.84. The Morgan fingerprint density at radius 3 is 2.67 bits per heavy atom. The van der Waals surface area contributed by atoms with Gasteiger partial charge >= 0.3 is 6.18 Å². The van der Waals surface area contributed by atoms with E-state index in [4.69, 9.17) is 5.73 Å². The van der Waals surface area contributed by atoms with Crippen molar-refractivity contribution in [1.29, 1.82) is 0 Å². The van der Waals surface area contributed by atoms with Gasteiger partial charge in [-0.25, -0.2) is 9.37 Å². The molecule has 2 aromatic rings. The fourth-order valence-corrected chi connectivity index (χ4v) is 2.13. The Balaban J connectivity index is 2.40. The van der Waals surface area contributed by atoms with Gasteiger partial charge in [0.15, 0.2) is 0 Å². The minimum Gasteiger partial charge on any atom is -0.333 e. The quantitative estimate of drug-likeness (QED) is 0.878. The zero-order valence-electron chi connectivity index (χ0n) is 11.4. The summed E-state index contributed by atoms with van der Waals surface area (Å²) in [4.78, 5) is 4.09. The van der Waals surface area contributed by atoms with Crippen molar-refractivity contribution >= 4 is 0 Å². The fourth-order valence-electron chi connectivity index (χ4n) is 2.13. The van der Waals surface area contributed by atoms with Crippen LogP contribution in [0.5, 0.6) is 0 Å². The SMILES string of the molecule is CCCn1ccnc1C(N)c1ccc(F)c(C(F)(F)F)c1. The highest BCUT2D eigenvalue weighted by molar-refractivity contribution is 5.32. The third-order valence-corrected chi connectivity index (χ3v) is 3.15. The van der Waals surface area contributed by atoms with Crippen molar-refractivity contribution in [3.63, 3.8) is 0 Å². The topological polar surface area (TPSA) is 43.8 Å². The van der Waals surface area contributed by atoms with Gasteiger partial charge in [-0.15, -0.1) is 0 Å². The number of rotatable bonds is 4. The standard InChI is InChI=1S/C14H15F4N3/c1-2-6-21-7-5-20-13(21)12(19)9-3-4-11(15)10(8-9)14(16,17)18/h3-5,7-8,12H,2,6,19H2,1H3. The molecule has 2 N–H and O–H groups in total. The van der Waals surface area contributed by atoms with Gasteiger partial charge in [-0.1, -0.05) is 13.0 Å². The molecular weight excluding hydrogens is 286 g/mol. The van der Waals surface area contributed by atoms with Gasteiger partial charge in [-0.2, -0.15) is 13.2 Å². The minimum atomic E-state index is -4.75.